The van der Waals surface area contributed by atoms with Gasteiger partial charge in [0, 0.05) is 35.7 Å². The average Bonchev–Trinajstić information content (AvgIpc) is 2.86. The molecule has 4 aromatic rings. The third kappa shape index (κ3) is 4.84. The van der Waals surface area contributed by atoms with E-state index in [0.29, 0.717) is 42.5 Å². The molecule has 0 fully saturated rings. The van der Waals surface area contributed by atoms with Crippen molar-refractivity contribution in [2.75, 3.05) is 18.0 Å². The summed E-state index contributed by atoms with van der Waals surface area (Å²) >= 11 is 1.80. The number of aromatic amines is 1. The molecule has 34 heavy (non-hydrogen) atoms. The lowest BCUT2D eigenvalue weighted by Crippen LogP contribution is -2.28. The van der Waals surface area contributed by atoms with Gasteiger partial charge in [-0.15, -0.1) is 0 Å². The molecular formula is C27H26N4O2S. The maximum absolute atomic E-state index is 12.3. The van der Waals surface area contributed by atoms with Crippen molar-refractivity contribution < 1.29 is 4.79 Å². The lowest BCUT2D eigenvalue weighted by molar-refractivity contribution is -0.121. The molecule has 5 rings (SSSR count). The summed E-state index contributed by atoms with van der Waals surface area (Å²) < 4.78 is 0. The smallest absolute Gasteiger partial charge is 0.258 e. The predicted molar refractivity (Wildman–Crippen MR) is 137 cm³/mol. The Balaban J connectivity index is 1.11. The lowest BCUT2D eigenvalue weighted by Gasteiger charge is -2.32. The number of para-hydroxylation sites is 3. The van der Waals surface area contributed by atoms with Crippen molar-refractivity contribution in [1.29, 1.82) is 0 Å². The zero-order valence-electron chi connectivity index (χ0n) is 18.8. The van der Waals surface area contributed by atoms with Gasteiger partial charge in [-0.3, -0.25) is 9.59 Å². The van der Waals surface area contributed by atoms with Crippen LogP contribution >= 0.6 is 11.8 Å². The summed E-state index contributed by atoms with van der Waals surface area (Å²) in [6.45, 7) is 1.45. The van der Waals surface area contributed by atoms with Crippen molar-refractivity contribution in [3.63, 3.8) is 0 Å². The number of hydrogen-bond donors (Lipinski definition) is 2. The molecule has 3 aromatic carbocycles. The summed E-state index contributed by atoms with van der Waals surface area (Å²) in [5.74, 6) is 0.648. The molecule has 0 bridgehead atoms. The topological polar surface area (TPSA) is 78.1 Å². The molecule has 0 aliphatic carbocycles. The number of H-pyrrole nitrogens is 1. The Labute approximate surface area is 202 Å². The molecule has 172 valence electrons. The molecule has 1 aliphatic heterocycles. The van der Waals surface area contributed by atoms with Crippen LogP contribution < -0.4 is 15.8 Å². The van der Waals surface area contributed by atoms with Crippen LogP contribution in [0.25, 0.3) is 10.9 Å². The SMILES string of the molecule is O=C(CCCc1nc2ccccc2c(=O)[nH]1)NCCCN1c2ccccc2Sc2ccccc21. The molecule has 1 amide bonds. The Bertz CT molecular complexity index is 1340. The maximum atomic E-state index is 12.3. The number of benzene rings is 3. The fourth-order valence-corrected chi connectivity index (χ4v) is 5.34. The van der Waals surface area contributed by atoms with Gasteiger partial charge in [-0.05, 0) is 49.2 Å². The number of rotatable bonds is 8. The van der Waals surface area contributed by atoms with Gasteiger partial charge in [-0.1, -0.05) is 48.2 Å². The summed E-state index contributed by atoms with van der Waals surface area (Å²) in [5, 5.41) is 3.62. The molecule has 1 aromatic heterocycles. The lowest BCUT2D eigenvalue weighted by atomic mass is 10.2. The van der Waals surface area contributed by atoms with Gasteiger partial charge in [0.2, 0.25) is 5.91 Å². The molecule has 0 saturated heterocycles. The Hall–Kier alpha value is -3.58. The van der Waals surface area contributed by atoms with E-state index in [1.807, 2.05) is 18.2 Å². The number of hydrogen-bond acceptors (Lipinski definition) is 5. The Morgan fingerprint density at radius 1 is 0.912 bits per heavy atom. The third-order valence-electron chi connectivity index (χ3n) is 5.89. The Kier molecular flexibility index (Phi) is 6.62. The molecule has 1 aliphatic rings. The average molecular weight is 471 g/mol. The second-order valence-electron chi connectivity index (χ2n) is 8.28. The van der Waals surface area contributed by atoms with Gasteiger partial charge in [0.15, 0.2) is 0 Å². The Morgan fingerprint density at radius 3 is 2.35 bits per heavy atom. The fourth-order valence-electron chi connectivity index (χ4n) is 4.25. The van der Waals surface area contributed by atoms with Gasteiger partial charge in [-0.25, -0.2) is 4.98 Å². The first kappa shape index (κ1) is 22.2. The highest BCUT2D eigenvalue weighted by atomic mass is 32.2. The van der Waals surface area contributed by atoms with E-state index in [1.54, 1.807) is 17.8 Å². The van der Waals surface area contributed by atoms with Gasteiger partial charge in [0.05, 0.1) is 22.3 Å². The molecule has 0 unspecified atom stereocenters. The summed E-state index contributed by atoms with van der Waals surface area (Å²) in [6, 6.07) is 24.2. The molecular weight excluding hydrogens is 444 g/mol. The van der Waals surface area contributed by atoms with E-state index in [9.17, 15) is 9.59 Å². The van der Waals surface area contributed by atoms with Crippen LogP contribution in [0.3, 0.4) is 0 Å². The van der Waals surface area contributed by atoms with Crippen LogP contribution in [0.1, 0.15) is 25.1 Å². The quantitative estimate of drug-likeness (QED) is 0.352. The molecule has 6 nitrogen and oxygen atoms in total. The van der Waals surface area contributed by atoms with E-state index in [1.165, 1.54) is 21.2 Å². The van der Waals surface area contributed by atoms with Crippen LogP contribution in [0.2, 0.25) is 0 Å². The van der Waals surface area contributed by atoms with Crippen molar-refractivity contribution in [2.45, 2.75) is 35.5 Å². The zero-order valence-corrected chi connectivity index (χ0v) is 19.6. The summed E-state index contributed by atoms with van der Waals surface area (Å²) in [5.41, 5.74) is 2.98. The highest BCUT2D eigenvalue weighted by molar-refractivity contribution is 7.99. The van der Waals surface area contributed by atoms with Gasteiger partial charge in [0.1, 0.15) is 5.82 Å². The fraction of sp³-hybridized carbons (Fsp3) is 0.222. The molecule has 0 spiro atoms. The number of anilines is 2. The number of nitrogens with one attached hydrogen (secondary N) is 2. The number of carbonyl (C=O) groups is 1. The van der Waals surface area contributed by atoms with Gasteiger partial charge in [0.25, 0.3) is 5.56 Å². The minimum absolute atomic E-state index is 0.0261. The molecule has 0 radical (unpaired) electrons. The second kappa shape index (κ2) is 10.1. The van der Waals surface area contributed by atoms with E-state index in [0.717, 1.165) is 13.0 Å². The van der Waals surface area contributed by atoms with Gasteiger partial charge in [-0.2, -0.15) is 0 Å². The maximum Gasteiger partial charge on any atom is 0.258 e. The van der Waals surface area contributed by atoms with E-state index in [2.05, 4.69) is 68.7 Å². The first-order valence-corrected chi connectivity index (χ1v) is 12.4. The van der Waals surface area contributed by atoms with Crippen LogP contribution in [0.4, 0.5) is 11.4 Å². The molecule has 2 heterocycles. The van der Waals surface area contributed by atoms with Crippen LogP contribution in [-0.4, -0.2) is 29.0 Å². The Morgan fingerprint density at radius 2 is 1.59 bits per heavy atom. The summed E-state index contributed by atoms with van der Waals surface area (Å²) in [6.07, 6.45) is 2.45. The van der Waals surface area contributed by atoms with Gasteiger partial charge >= 0.3 is 0 Å². The van der Waals surface area contributed by atoms with Crippen LogP contribution in [0.5, 0.6) is 0 Å². The summed E-state index contributed by atoms with van der Waals surface area (Å²) in [7, 11) is 0. The second-order valence-corrected chi connectivity index (χ2v) is 9.36. The summed E-state index contributed by atoms with van der Waals surface area (Å²) in [4.78, 5) is 36.7. The van der Waals surface area contributed by atoms with Crippen LogP contribution in [0, 0.1) is 0 Å². The monoisotopic (exact) mass is 470 g/mol. The van der Waals surface area contributed by atoms with E-state index in [4.69, 9.17) is 0 Å². The highest BCUT2D eigenvalue weighted by Crippen LogP contribution is 2.47. The molecule has 7 heteroatoms. The van der Waals surface area contributed by atoms with E-state index in [-0.39, 0.29) is 11.5 Å². The zero-order chi connectivity index (χ0) is 23.3. The molecule has 0 saturated carbocycles. The van der Waals surface area contributed by atoms with Crippen molar-refractivity contribution in [1.82, 2.24) is 15.3 Å². The number of carbonyl (C=O) groups excluding carboxylic acids is 1. The first-order valence-electron chi connectivity index (χ1n) is 11.6. The predicted octanol–water partition coefficient (Wildman–Crippen LogP) is 5.06. The van der Waals surface area contributed by atoms with Crippen molar-refractivity contribution in [2.24, 2.45) is 0 Å². The number of aryl methyl sites for hydroxylation is 1. The normalized spacial score (nSPS) is 12.3. The van der Waals surface area contributed by atoms with Crippen LogP contribution in [-0.2, 0) is 11.2 Å². The minimum atomic E-state index is -0.135. The third-order valence-corrected chi connectivity index (χ3v) is 7.02. The van der Waals surface area contributed by atoms with Crippen LogP contribution in [0.15, 0.2) is 87.4 Å². The first-order chi connectivity index (χ1) is 16.7. The largest absolute Gasteiger partial charge is 0.356 e. The molecule has 0 atom stereocenters. The van der Waals surface area contributed by atoms with Crippen molar-refractivity contribution in [3.8, 4) is 0 Å². The molecule has 2 N–H and O–H groups in total. The van der Waals surface area contributed by atoms with Crippen molar-refractivity contribution >= 4 is 39.9 Å². The number of aromatic nitrogens is 2. The van der Waals surface area contributed by atoms with E-state index < -0.39 is 0 Å². The van der Waals surface area contributed by atoms with Gasteiger partial charge < -0.3 is 15.2 Å². The van der Waals surface area contributed by atoms with E-state index >= 15 is 0 Å². The highest BCUT2D eigenvalue weighted by Gasteiger charge is 2.22. The minimum Gasteiger partial charge on any atom is -0.356 e. The number of fused-ring (bicyclic) bond motifs is 3. The number of nitrogens with zero attached hydrogens (tertiary/aromatic N) is 2. The van der Waals surface area contributed by atoms with Crippen molar-refractivity contribution in [3.05, 3.63) is 89.0 Å². The standard InChI is InChI=1S/C27H26N4O2S/c32-26(16-7-15-25-29-20-10-2-1-9-19(20)27(33)30-25)28-17-8-18-31-21-11-3-5-13-23(21)34-24-14-6-4-12-22(24)31/h1-6,9-14H,7-8,15-18H2,(H,28,32)(H,29,30,33). The number of amides is 1.